The average Bonchev–Trinajstić information content (AvgIpc) is 2.95. The lowest BCUT2D eigenvalue weighted by atomic mass is 9.82. The van der Waals surface area contributed by atoms with Crippen LogP contribution in [0.2, 0.25) is 0 Å². The summed E-state index contributed by atoms with van der Waals surface area (Å²) in [5.41, 5.74) is 0. The van der Waals surface area contributed by atoms with Gasteiger partial charge in [0, 0.05) is 19.8 Å². The van der Waals surface area contributed by atoms with Gasteiger partial charge in [0.2, 0.25) is 5.91 Å². The highest BCUT2D eigenvalue weighted by Gasteiger charge is 2.51. The lowest BCUT2D eigenvalue weighted by molar-refractivity contribution is -0.148. The van der Waals surface area contributed by atoms with Gasteiger partial charge in [-0.2, -0.15) is 0 Å². The van der Waals surface area contributed by atoms with Crippen molar-refractivity contribution in [3.8, 4) is 0 Å². The van der Waals surface area contributed by atoms with Crippen LogP contribution in [0.25, 0.3) is 0 Å². The maximum Gasteiger partial charge on any atom is 0.307 e. The van der Waals surface area contributed by atoms with Gasteiger partial charge in [-0.05, 0) is 31.6 Å². The van der Waals surface area contributed by atoms with Gasteiger partial charge in [-0.3, -0.25) is 9.59 Å². The summed E-state index contributed by atoms with van der Waals surface area (Å²) < 4.78 is 4.97. The molecule has 1 saturated carbocycles. The second kappa shape index (κ2) is 5.74. The van der Waals surface area contributed by atoms with E-state index in [4.69, 9.17) is 4.74 Å². The molecule has 2 rings (SSSR count). The van der Waals surface area contributed by atoms with Crippen molar-refractivity contribution in [2.75, 3.05) is 13.7 Å². The van der Waals surface area contributed by atoms with E-state index in [9.17, 15) is 14.7 Å². The molecular formula is C14H21NO4. The molecule has 0 saturated heterocycles. The SMILES string of the molecule is COCCC(C)NC(=O)C1C2C=CC(C2)C1C(=O)O. The molecule has 5 unspecified atom stereocenters. The minimum atomic E-state index is -0.860. The highest BCUT2D eigenvalue weighted by molar-refractivity contribution is 5.87. The lowest BCUT2D eigenvalue weighted by Crippen LogP contribution is -2.43. The summed E-state index contributed by atoms with van der Waals surface area (Å²) in [6, 6.07) is 0.00463. The fourth-order valence-corrected chi connectivity index (χ4v) is 3.22. The molecule has 19 heavy (non-hydrogen) atoms. The first-order chi connectivity index (χ1) is 9.04. The number of carboxylic acid groups (broad SMARTS) is 1. The van der Waals surface area contributed by atoms with Crippen LogP contribution in [0.5, 0.6) is 0 Å². The molecule has 2 aliphatic rings. The molecule has 0 spiro atoms. The number of aliphatic carboxylic acids is 1. The van der Waals surface area contributed by atoms with Crippen LogP contribution in [0.1, 0.15) is 19.8 Å². The number of fused-ring (bicyclic) bond motifs is 2. The third kappa shape index (κ3) is 2.81. The average molecular weight is 267 g/mol. The fourth-order valence-electron chi connectivity index (χ4n) is 3.22. The number of ether oxygens (including phenoxy) is 1. The van der Waals surface area contributed by atoms with Crippen LogP contribution in [0.15, 0.2) is 12.2 Å². The Balaban J connectivity index is 1.98. The summed E-state index contributed by atoms with van der Waals surface area (Å²) in [4.78, 5) is 23.6. The van der Waals surface area contributed by atoms with Crippen LogP contribution in [0.3, 0.4) is 0 Å². The molecule has 106 valence electrons. The van der Waals surface area contributed by atoms with Crippen molar-refractivity contribution in [2.24, 2.45) is 23.7 Å². The topological polar surface area (TPSA) is 75.6 Å². The molecule has 2 aliphatic carbocycles. The Kier molecular flexibility index (Phi) is 4.24. The second-order valence-electron chi connectivity index (χ2n) is 5.53. The van der Waals surface area contributed by atoms with Crippen molar-refractivity contribution in [2.45, 2.75) is 25.8 Å². The molecule has 0 aliphatic heterocycles. The first-order valence-corrected chi connectivity index (χ1v) is 6.75. The molecule has 0 heterocycles. The normalized spacial score (nSPS) is 33.4. The summed E-state index contributed by atoms with van der Waals surface area (Å²) in [6.45, 7) is 2.50. The molecule has 2 N–H and O–H groups in total. The van der Waals surface area contributed by atoms with Gasteiger partial charge in [0.15, 0.2) is 0 Å². The van der Waals surface area contributed by atoms with Crippen molar-refractivity contribution in [3.63, 3.8) is 0 Å². The number of allylic oxidation sites excluding steroid dienone is 2. The van der Waals surface area contributed by atoms with Gasteiger partial charge >= 0.3 is 5.97 Å². The van der Waals surface area contributed by atoms with Gasteiger partial charge in [0.1, 0.15) is 0 Å². The van der Waals surface area contributed by atoms with E-state index in [2.05, 4.69) is 5.32 Å². The third-order valence-electron chi connectivity index (χ3n) is 4.19. The Morgan fingerprint density at radius 3 is 2.58 bits per heavy atom. The molecule has 1 amide bonds. The molecule has 5 atom stereocenters. The van der Waals surface area contributed by atoms with Gasteiger partial charge < -0.3 is 15.2 Å². The molecule has 0 aromatic carbocycles. The van der Waals surface area contributed by atoms with Crippen LogP contribution in [-0.4, -0.2) is 36.7 Å². The van der Waals surface area contributed by atoms with E-state index in [0.29, 0.717) is 6.61 Å². The molecule has 0 radical (unpaired) electrons. The first-order valence-electron chi connectivity index (χ1n) is 6.75. The molecule has 2 bridgehead atoms. The van der Waals surface area contributed by atoms with E-state index in [1.165, 1.54) is 0 Å². The predicted octanol–water partition coefficient (Wildman–Crippen LogP) is 1.05. The minimum absolute atomic E-state index is 0.00463. The molecule has 0 aromatic heterocycles. The van der Waals surface area contributed by atoms with E-state index in [0.717, 1.165) is 12.8 Å². The molecular weight excluding hydrogens is 246 g/mol. The summed E-state index contributed by atoms with van der Waals surface area (Å²) in [7, 11) is 1.62. The third-order valence-corrected chi connectivity index (χ3v) is 4.19. The Morgan fingerprint density at radius 1 is 1.37 bits per heavy atom. The number of hydrogen-bond acceptors (Lipinski definition) is 3. The Morgan fingerprint density at radius 2 is 2.00 bits per heavy atom. The Labute approximate surface area is 113 Å². The molecule has 5 nitrogen and oxygen atoms in total. The van der Waals surface area contributed by atoms with Crippen LogP contribution < -0.4 is 5.32 Å². The van der Waals surface area contributed by atoms with Crippen molar-refractivity contribution >= 4 is 11.9 Å². The highest BCUT2D eigenvalue weighted by Crippen LogP contribution is 2.48. The van der Waals surface area contributed by atoms with Gasteiger partial charge in [-0.1, -0.05) is 12.2 Å². The second-order valence-corrected chi connectivity index (χ2v) is 5.53. The summed E-state index contributed by atoms with van der Waals surface area (Å²) >= 11 is 0. The first kappa shape index (κ1) is 14.1. The maximum atomic E-state index is 12.3. The Bertz CT molecular complexity index is 393. The largest absolute Gasteiger partial charge is 0.481 e. The fraction of sp³-hybridized carbons (Fsp3) is 0.714. The van der Waals surface area contributed by atoms with Gasteiger partial charge in [-0.15, -0.1) is 0 Å². The zero-order valence-corrected chi connectivity index (χ0v) is 11.3. The number of carbonyl (C=O) groups is 2. The zero-order valence-electron chi connectivity index (χ0n) is 11.3. The smallest absolute Gasteiger partial charge is 0.307 e. The van der Waals surface area contributed by atoms with Crippen LogP contribution in [-0.2, 0) is 14.3 Å². The van der Waals surface area contributed by atoms with E-state index in [1.54, 1.807) is 7.11 Å². The number of carbonyl (C=O) groups excluding carboxylic acids is 1. The minimum Gasteiger partial charge on any atom is -0.481 e. The van der Waals surface area contributed by atoms with Crippen molar-refractivity contribution in [1.82, 2.24) is 5.32 Å². The zero-order chi connectivity index (χ0) is 14.0. The number of nitrogens with one attached hydrogen (secondary N) is 1. The predicted molar refractivity (Wildman–Crippen MR) is 69.5 cm³/mol. The number of carboxylic acids is 1. The summed E-state index contributed by atoms with van der Waals surface area (Å²) in [5, 5.41) is 12.2. The summed E-state index contributed by atoms with van der Waals surface area (Å²) in [6.07, 6.45) is 5.47. The molecule has 1 fully saturated rings. The van der Waals surface area contributed by atoms with Crippen molar-refractivity contribution in [3.05, 3.63) is 12.2 Å². The molecule has 5 heteroatoms. The van der Waals surface area contributed by atoms with E-state index < -0.39 is 17.8 Å². The van der Waals surface area contributed by atoms with Crippen molar-refractivity contribution in [1.29, 1.82) is 0 Å². The van der Waals surface area contributed by atoms with Gasteiger partial charge in [-0.25, -0.2) is 0 Å². The van der Waals surface area contributed by atoms with Crippen molar-refractivity contribution < 1.29 is 19.4 Å². The summed E-state index contributed by atoms with van der Waals surface area (Å²) in [5.74, 6) is -1.87. The number of rotatable bonds is 6. The van der Waals surface area contributed by atoms with Crippen LogP contribution in [0.4, 0.5) is 0 Å². The van der Waals surface area contributed by atoms with Crippen LogP contribution in [0, 0.1) is 23.7 Å². The maximum absolute atomic E-state index is 12.3. The van der Waals surface area contributed by atoms with E-state index in [1.807, 2.05) is 19.1 Å². The van der Waals surface area contributed by atoms with Gasteiger partial charge in [0.25, 0.3) is 0 Å². The number of methoxy groups -OCH3 is 1. The highest BCUT2D eigenvalue weighted by atomic mass is 16.5. The van der Waals surface area contributed by atoms with E-state index >= 15 is 0 Å². The monoisotopic (exact) mass is 267 g/mol. The Hall–Kier alpha value is -1.36. The van der Waals surface area contributed by atoms with E-state index in [-0.39, 0.29) is 23.8 Å². The number of hydrogen-bond donors (Lipinski definition) is 2. The van der Waals surface area contributed by atoms with Crippen LogP contribution >= 0.6 is 0 Å². The lowest BCUT2D eigenvalue weighted by Gasteiger charge is -2.25. The van der Waals surface area contributed by atoms with Gasteiger partial charge in [0.05, 0.1) is 11.8 Å². The number of amides is 1. The quantitative estimate of drug-likeness (QED) is 0.705. The molecule has 0 aromatic rings. The standard InChI is InChI=1S/C14H21NO4/c1-8(5-6-19-2)15-13(16)11-9-3-4-10(7-9)12(11)14(17)18/h3-4,8-12H,5-7H2,1-2H3,(H,15,16)(H,17,18).